The molecule has 1 rings (SSSR count). The molecule has 0 saturated carbocycles. The van der Waals surface area contributed by atoms with Crippen LogP contribution in [0.3, 0.4) is 0 Å². The number of hydrogen-bond donors (Lipinski definition) is 2. The predicted molar refractivity (Wildman–Crippen MR) is 81.5 cm³/mol. The van der Waals surface area contributed by atoms with Crippen LogP contribution < -0.4 is 5.73 Å². The fourth-order valence-corrected chi connectivity index (χ4v) is 3.80. The Morgan fingerprint density at radius 3 is 2.70 bits per heavy atom. The molecule has 0 aliphatic heterocycles. The molecule has 0 fully saturated rings. The van der Waals surface area contributed by atoms with E-state index in [2.05, 4.69) is 21.1 Å². The zero-order valence-electron chi connectivity index (χ0n) is 10.9. The van der Waals surface area contributed by atoms with Crippen LogP contribution in [0, 0.1) is 5.92 Å². The van der Waals surface area contributed by atoms with Gasteiger partial charge in [-0.25, -0.2) is 12.7 Å². The molecule has 0 aliphatic rings. The van der Waals surface area contributed by atoms with Gasteiger partial charge in [-0.05, 0) is 18.2 Å². The van der Waals surface area contributed by atoms with Crippen LogP contribution in [0.2, 0.25) is 5.02 Å². The fourth-order valence-electron chi connectivity index (χ4n) is 1.53. The molecule has 3 N–H and O–H groups in total. The molecule has 0 aliphatic carbocycles. The van der Waals surface area contributed by atoms with E-state index in [4.69, 9.17) is 22.5 Å². The standard InChI is InChI=1S/C11H15BrClN3O3S/c1-7(11(14)15-17)6-16(2)20(18,19)10-4-3-8(12)5-9(10)13/h3-5,7,17H,6H2,1-2H3,(H2,14,15). The van der Waals surface area contributed by atoms with Crippen LogP contribution in [0.1, 0.15) is 6.92 Å². The van der Waals surface area contributed by atoms with Crippen LogP contribution in [0.25, 0.3) is 0 Å². The van der Waals surface area contributed by atoms with Gasteiger partial charge in [0.05, 0.1) is 5.02 Å². The van der Waals surface area contributed by atoms with E-state index in [1.807, 2.05) is 0 Å². The largest absolute Gasteiger partial charge is 0.409 e. The Morgan fingerprint density at radius 1 is 1.60 bits per heavy atom. The van der Waals surface area contributed by atoms with Crippen molar-refractivity contribution in [2.45, 2.75) is 11.8 Å². The molecule has 0 saturated heterocycles. The van der Waals surface area contributed by atoms with Gasteiger partial charge in [0.15, 0.2) is 0 Å². The molecular formula is C11H15BrClN3O3S. The lowest BCUT2D eigenvalue weighted by atomic mass is 10.2. The van der Waals surface area contributed by atoms with Crippen molar-refractivity contribution in [3.8, 4) is 0 Å². The highest BCUT2D eigenvalue weighted by molar-refractivity contribution is 9.10. The second-order valence-corrected chi connectivity index (χ2v) is 7.62. The summed E-state index contributed by atoms with van der Waals surface area (Å²) >= 11 is 9.18. The number of amidine groups is 1. The molecule has 112 valence electrons. The number of rotatable bonds is 5. The first-order valence-electron chi connectivity index (χ1n) is 5.59. The second kappa shape index (κ2) is 6.75. The molecule has 0 amide bonds. The maximum Gasteiger partial charge on any atom is 0.244 e. The summed E-state index contributed by atoms with van der Waals surface area (Å²) in [6.07, 6.45) is 0. The molecule has 9 heteroatoms. The minimum Gasteiger partial charge on any atom is -0.409 e. The van der Waals surface area contributed by atoms with E-state index >= 15 is 0 Å². The highest BCUT2D eigenvalue weighted by atomic mass is 79.9. The SMILES string of the molecule is CC(CN(C)S(=O)(=O)c1ccc(Br)cc1Cl)C(N)=NO. The smallest absolute Gasteiger partial charge is 0.244 e. The van der Waals surface area contributed by atoms with Crippen LogP contribution in [0.4, 0.5) is 0 Å². The molecular weight excluding hydrogens is 370 g/mol. The highest BCUT2D eigenvalue weighted by Gasteiger charge is 2.25. The van der Waals surface area contributed by atoms with Crippen LogP contribution in [-0.2, 0) is 10.0 Å². The van der Waals surface area contributed by atoms with E-state index in [0.717, 1.165) is 4.31 Å². The summed E-state index contributed by atoms with van der Waals surface area (Å²) in [5.41, 5.74) is 5.44. The minimum atomic E-state index is -3.73. The van der Waals surface area contributed by atoms with Crippen LogP contribution in [0.15, 0.2) is 32.7 Å². The number of halogens is 2. The van der Waals surface area contributed by atoms with Crippen LogP contribution >= 0.6 is 27.5 Å². The molecule has 0 aromatic heterocycles. The van der Waals surface area contributed by atoms with Crippen LogP contribution in [-0.4, -0.2) is 37.4 Å². The van der Waals surface area contributed by atoms with Gasteiger partial charge in [-0.3, -0.25) is 0 Å². The van der Waals surface area contributed by atoms with Gasteiger partial charge in [0.1, 0.15) is 10.7 Å². The van der Waals surface area contributed by atoms with Crippen molar-refractivity contribution in [3.05, 3.63) is 27.7 Å². The molecule has 1 unspecified atom stereocenters. The van der Waals surface area contributed by atoms with Crippen molar-refractivity contribution in [1.29, 1.82) is 0 Å². The summed E-state index contributed by atoms with van der Waals surface area (Å²) in [4.78, 5) is 0.0107. The van der Waals surface area contributed by atoms with Gasteiger partial charge < -0.3 is 10.9 Å². The third-order valence-corrected chi connectivity index (χ3v) is 5.53. The molecule has 1 aromatic carbocycles. The molecule has 0 radical (unpaired) electrons. The van der Waals surface area contributed by atoms with Crippen molar-refractivity contribution in [2.75, 3.05) is 13.6 Å². The Kier molecular flexibility index (Phi) is 5.81. The monoisotopic (exact) mass is 383 g/mol. The van der Waals surface area contributed by atoms with Crippen molar-refractivity contribution >= 4 is 43.4 Å². The normalized spacial score (nSPS) is 14.6. The van der Waals surface area contributed by atoms with E-state index in [9.17, 15) is 8.42 Å². The van der Waals surface area contributed by atoms with Crippen molar-refractivity contribution < 1.29 is 13.6 Å². The van der Waals surface area contributed by atoms with Gasteiger partial charge in [-0.1, -0.05) is 39.6 Å². The molecule has 1 atom stereocenters. The average Bonchev–Trinajstić information content (AvgIpc) is 2.36. The van der Waals surface area contributed by atoms with Crippen molar-refractivity contribution in [2.24, 2.45) is 16.8 Å². The Hall–Kier alpha value is -0.830. The maximum atomic E-state index is 12.4. The Balaban J connectivity index is 3.04. The zero-order valence-corrected chi connectivity index (χ0v) is 14.1. The number of nitrogens with two attached hydrogens (primary N) is 1. The molecule has 6 nitrogen and oxygen atoms in total. The summed E-state index contributed by atoms with van der Waals surface area (Å²) < 4.78 is 26.6. The first kappa shape index (κ1) is 17.2. The lowest BCUT2D eigenvalue weighted by molar-refractivity contribution is 0.312. The molecule has 0 bridgehead atoms. The predicted octanol–water partition coefficient (Wildman–Crippen LogP) is 2.11. The lowest BCUT2D eigenvalue weighted by Crippen LogP contribution is -2.36. The third-order valence-electron chi connectivity index (χ3n) is 2.73. The minimum absolute atomic E-state index is 0.0107. The number of hydrogen-bond acceptors (Lipinski definition) is 4. The molecule has 0 spiro atoms. The Labute approximate surface area is 131 Å². The fraction of sp³-hybridized carbons (Fsp3) is 0.364. The molecule has 0 heterocycles. The maximum absolute atomic E-state index is 12.4. The van der Waals surface area contributed by atoms with Gasteiger partial charge >= 0.3 is 0 Å². The Morgan fingerprint density at radius 2 is 2.20 bits per heavy atom. The molecule has 1 aromatic rings. The van der Waals surface area contributed by atoms with Crippen molar-refractivity contribution in [1.82, 2.24) is 4.31 Å². The zero-order chi connectivity index (χ0) is 15.5. The van der Waals surface area contributed by atoms with E-state index in [0.29, 0.717) is 4.47 Å². The summed E-state index contributed by atoms with van der Waals surface area (Å²) in [7, 11) is -2.32. The van der Waals surface area contributed by atoms with Crippen molar-refractivity contribution in [3.63, 3.8) is 0 Å². The second-order valence-electron chi connectivity index (χ2n) is 4.29. The molecule has 20 heavy (non-hydrogen) atoms. The number of benzene rings is 1. The number of sulfonamides is 1. The van der Waals surface area contributed by atoms with Gasteiger partial charge in [0.2, 0.25) is 10.0 Å². The summed E-state index contributed by atoms with van der Waals surface area (Å²) in [6, 6.07) is 4.53. The number of oxime groups is 1. The van der Waals surface area contributed by atoms with Crippen LogP contribution in [0.5, 0.6) is 0 Å². The van der Waals surface area contributed by atoms with Gasteiger partial charge in [-0.15, -0.1) is 0 Å². The first-order chi connectivity index (χ1) is 9.20. The van der Waals surface area contributed by atoms with E-state index < -0.39 is 15.9 Å². The number of nitrogens with zero attached hydrogens (tertiary/aromatic N) is 2. The summed E-state index contributed by atoms with van der Waals surface area (Å²) in [5, 5.41) is 11.6. The third kappa shape index (κ3) is 3.85. The van der Waals surface area contributed by atoms with Gasteiger partial charge in [0, 0.05) is 24.0 Å². The topological polar surface area (TPSA) is 96.0 Å². The summed E-state index contributed by atoms with van der Waals surface area (Å²) in [5.74, 6) is -0.456. The lowest BCUT2D eigenvalue weighted by Gasteiger charge is -2.21. The highest BCUT2D eigenvalue weighted by Crippen LogP contribution is 2.27. The average molecular weight is 385 g/mol. The van der Waals surface area contributed by atoms with Gasteiger partial charge in [0.25, 0.3) is 0 Å². The Bertz CT molecular complexity index is 621. The van der Waals surface area contributed by atoms with E-state index in [1.54, 1.807) is 13.0 Å². The van der Waals surface area contributed by atoms with E-state index in [-0.39, 0.29) is 22.3 Å². The summed E-state index contributed by atoms with van der Waals surface area (Å²) in [6.45, 7) is 1.73. The quantitative estimate of drug-likeness (QED) is 0.352. The first-order valence-corrected chi connectivity index (χ1v) is 8.20. The van der Waals surface area contributed by atoms with E-state index in [1.165, 1.54) is 19.2 Å². The van der Waals surface area contributed by atoms with Gasteiger partial charge in [-0.2, -0.15) is 0 Å².